The highest BCUT2D eigenvalue weighted by molar-refractivity contribution is 6.34. The first kappa shape index (κ1) is 12.6. The normalized spacial score (nSPS) is 16.9. The number of hydrogen-bond donors (Lipinski definition) is 0. The third-order valence-corrected chi connectivity index (χ3v) is 4.11. The van der Waals surface area contributed by atoms with Gasteiger partial charge in [-0.25, -0.2) is 0 Å². The van der Waals surface area contributed by atoms with Gasteiger partial charge in [0.05, 0.1) is 5.02 Å². The minimum atomic E-state index is 0.183. The van der Waals surface area contributed by atoms with Gasteiger partial charge in [0.2, 0.25) is 0 Å². The second-order valence-electron chi connectivity index (χ2n) is 5.25. The molecule has 1 nitrogen and oxygen atoms in total. The molecule has 1 fully saturated rings. The van der Waals surface area contributed by atoms with Crippen molar-refractivity contribution in [1.82, 2.24) is 0 Å². The lowest BCUT2D eigenvalue weighted by molar-refractivity contribution is 0.0980. The van der Waals surface area contributed by atoms with Crippen molar-refractivity contribution < 1.29 is 4.79 Å². The summed E-state index contributed by atoms with van der Waals surface area (Å²) in [5.41, 5.74) is 2.09. The van der Waals surface area contributed by atoms with Gasteiger partial charge in [0.1, 0.15) is 0 Å². The Morgan fingerprint density at radius 2 is 2.12 bits per heavy atom. The van der Waals surface area contributed by atoms with E-state index < -0.39 is 0 Å². The molecule has 1 saturated carbocycles. The lowest BCUT2D eigenvalue weighted by Gasteiger charge is -2.13. The van der Waals surface area contributed by atoms with Crippen LogP contribution in [-0.2, 0) is 5.41 Å². The molecular weight excluding hydrogens is 232 g/mol. The van der Waals surface area contributed by atoms with Crippen LogP contribution in [0.5, 0.6) is 0 Å². The third-order valence-electron chi connectivity index (χ3n) is 3.71. The molecule has 0 aliphatic heterocycles. The van der Waals surface area contributed by atoms with Gasteiger partial charge in [-0.1, -0.05) is 44.0 Å². The summed E-state index contributed by atoms with van der Waals surface area (Å²) in [5.74, 6) is 0.183. The summed E-state index contributed by atoms with van der Waals surface area (Å²) in [5, 5.41) is 0.689. The summed E-state index contributed by atoms with van der Waals surface area (Å²) >= 11 is 6.39. The van der Waals surface area contributed by atoms with Gasteiger partial charge in [-0.05, 0) is 36.3 Å². The minimum Gasteiger partial charge on any atom is -0.294 e. The average molecular weight is 251 g/mol. The Morgan fingerprint density at radius 1 is 1.41 bits per heavy atom. The van der Waals surface area contributed by atoms with Crippen molar-refractivity contribution >= 4 is 17.4 Å². The van der Waals surface area contributed by atoms with E-state index >= 15 is 0 Å². The summed E-state index contributed by atoms with van der Waals surface area (Å²) in [6.45, 7) is 4.31. The van der Waals surface area contributed by atoms with Crippen molar-refractivity contribution in [2.75, 3.05) is 0 Å². The monoisotopic (exact) mass is 250 g/mol. The molecule has 1 aromatic rings. The van der Waals surface area contributed by atoms with Crippen LogP contribution < -0.4 is 0 Å². The molecule has 92 valence electrons. The molecule has 0 radical (unpaired) electrons. The molecule has 0 heterocycles. The molecule has 0 atom stereocenters. The van der Waals surface area contributed by atoms with Gasteiger partial charge in [0.15, 0.2) is 5.78 Å². The molecule has 0 spiro atoms. The van der Waals surface area contributed by atoms with Crippen molar-refractivity contribution in [1.29, 1.82) is 0 Å². The molecule has 0 aromatic heterocycles. The van der Waals surface area contributed by atoms with E-state index in [2.05, 4.69) is 19.9 Å². The number of carbonyl (C=O) groups excluding carboxylic acids is 1. The molecule has 0 N–H and O–H groups in total. The van der Waals surface area contributed by atoms with Gasteiger partial charge in [0, 0.05) is 12.0 Å². The molecule has 2 heteroatoms. The quantitative estimate of drug-likeness (QED) is 0.689. The van der Waals surface area contributed by atoms with Crippen LogP contribution >= 0.6 is 11.6 Å². The zero-order chi connectivity index (χ0) is 12.5. The Balaban J connectivity index is 2.26. The van der Waals surface area contributed by atoms with E-state index in [0.29, 0.717) is 17.0 Å². The van der Waals surface area contributed by atoms with Crippen LogP contribution in [-0.4, -0.2) is 5.78 Å². The van der Waals surface area contributed by atoms with E-state index in [0.717, 1.165) is 18.4 Å². The van der Waals surface area contributed by atoms with E-state index in [9.17, 15) is 4.79 Å². The molecule has 0 unspecified atom stereocenters. The van der Waals surface area contributed by atoms with Crippen LogP contribution in [0.1, 0.15) is 61.9 Å². The lowest BCUT2D eigenvalue weighted by Crippen LogP contribution is -2.06. The predicted octanol–water partition coefficient (Wildman–Crippen LogP) is 4.76. The van der Waals surface area contributed by atoms with Crippen LogP contribution in [0.4, 0.5) is 0 Å². The maximum absolute atomic E-state index is 12.0. The Bertz CT molecular complexity index is 433. The van der Waals surface area contributed by atoms with E-state index in [-0.39, 0.29) is 11.2 Å². The molecule has 1 aliphatic rings. The van der Waals surface area contributed by atoms with Crippen LogP contribution in [0.3, 0.4) is 0 Å². The number of rotatable bonds is 5. The summed E-state index contributed by atoms with van der Waals surface area (Å²) < 4.78 is 0. The topological polar surface area (TPSA) is 17.1 Å². The van der Waals surface area contributed by atoms with E-state index in [1.807, 2.05) is 12.1 Å². The number of ketones is 1. The highest BCUT2D eigenvalue weighted by Gasteiger charge is 2.41. The first-order valence-corrected chi connectivity index (χ1v) is 6.78. The first-order valence-electron chi connectivity index (χ1n) is 6.40. The Kier molecular flexibility index (Phi) is 3.58. The number of carbonyl (C=O) groups is 1. The van der Waals surface area contributed by atoms with Crippen molar-refractivity contribution in [3.05, 3.63) is 34.3 Å². The lowest BCUT2D eigenvalue weighted by atomic mass is 9.94. The third kappa shape index (κ3) is 2.55. The van der Waals surface area contributed by atoms with Gasteiger partial charge in [-0.3, -0.25) is 4.79 Å². The van der Waals surface area contributed by atoms with E-state index in [4.69, 9.17) is 11.6 Å². The van der Waals surface area contributed by atoms with Gasteiger partial charge < -0.3 is 0 Å². The molecule has 0 saturated heterocycles. The smallest absolute Gasteiger partial charge is 0.164 e. The zero-order valence-electron chi connectivity index (χ0n) is 10.6. The zero-order valence-corrected chi connectivity index (χ0v) is 11.3. The Morgan fingerprint density at radius 3 is 2.71 bits per heavy atom. The maximum atomic E-state index is 12.0. The van der Waals surface area contributed by atoms with Crippen LogP contribution in [0, 0.1) is 0 Å². The van der Waals surface area contributed by atoms with Gasteiger partial charge in [0.25, 0.3) is 0 Å². The molecule has 17 heavy (non-hydrogen) atoms. The molecule has 2 rings (SSSR count). The van der Waals surface area contributed by atoms with Gasteiger partial charge in [-0.2, -0.15) is 0 Å². The van der Waals surface area contributed by atoms with E-state index in [1.165, 1.54) is 12.8 Å². The highest BCUT2D eigenvalue weighted by Crippen LogP contribution is 2.50. The number of benzene rings is 1. The van der Waals surface area contributed by atoms with E-state index in [1.54, 1.807) is 0 Å². The Labute approximate surface area is 108 Å². The summed E-state index contributed by atoms with van der Waals surface area (Å²) in [6.07, 6.45) is 4.95. The second-order valence-corrected chi connectivity index (χ2v) is 5.63. The van der Waals surface area contributed by atoms with Crippen molar-refractivity contribution in [3.8, 4) is 0 Å². The molecule has 1 aliphatic carbocycles. The van der Waals surface area contributed by atoms with Gasteiger partial charge in [-0.15, -0.1) is 0 Å². The molecule has 0 amide bonds. The van der Waals surface area contributed by atoms with Crippen LogP contribution in [0.2, 0.25) is 5.02 Å². The van der Waals surface area contributed by atoms with Crippen molar-refractivity contribution in [3.63, 3.8) is 0 Å². The maximum Gasteiger partial charge on any atom is 0.164 e. The van der Waals surface area contributed by atoms with Gasteiger partial charge >= 0.3 is 0 Å². The minimum absolute atomic E-state index is 0.183. The SMILES string of the molecule is CCCCC(=O)c1cccc(C2(C)CC2)c1Cl. The molecule has 0 bridgehead atoms. The Hall–Kier alpha value is -0.820. The predicted molar refractivity (Wildman–Crippen MR) is 71.9 cm³/mol. The first-order chi connectivity index (χ1) is 8.08. The highest BCUT2D eigenvalue weighted by atomic mass is 35.5. The fourth-order valence-electron chi connectivity index (χ4n) is 2.14. The van der Waals surface area contributed by atoms with Crippen molar-refractivity contribution in [2.24, 2.45) is 0 Å². The molecular formula is C15H19ClO. The second kappa shape index (κ2) is 4.81. The molecule has 1 aromatic carbocycles. The van der Waals surface area contributed by atoms with Crippen LogP contribution in [0.25, 0.3) is 0 Å². The van der Waals surface area contributed by atoms with Crippen molar-refractivity contribution in [2.45, 2.75) is 51.4 Å². The standard InChI is InChI=1S/C15H19ClO/c1-3-4-8-13(17)11-6-5-7-12(14(11)16)15(2)9-10-15/h5-7H,3-4,8-10H2,1-2H3. The van der Waals surface area contributed by atoms with Crippen LogP contribution in [0.15, 0.2) is 18.2 Å². The fraction of sp³-hybridized carbons (Fsp3) is 0.533. The summed E-state index contributed by atoms with van der Waals surface area (Å²) in [4.78, 5) is 12.0. The summed E-state index contributed by atoms with van der Waals surface area (Å²) in [7, 11) is 0. The largest absolute Gasteiger partial charge is 0.294 e. The fourth-order valence-corrected chi connectivity index (χ4v) is 2.60. The number of hydrogen-bond acceptors (Lipinski definition) is 1. The number of halogens is 1. The summed E-state index contributed by atoms with van der Waals surface area (Å²) in [6, 6.07) is 5.88. The average Bonchev–Trinajstić information content (AvgIpc) is 3.05. The number of unbranched alkanes of at least 4 members (excludes halogenated alkanes) is 1. The number of Topliss-reactive ketones (excluding diaryl/α,β-unsaturated/α-hetero) is 1.